The van der Waals surface area contributed by atoms with Crippen molar-refractivity contribution < 1.29 is 27.5 Å². The minimum atomic E-state index is -4.39. The lowest BCUT2D eigenvalue weighted by atomic mass is 10.1. The van der Waals surface area contributed by atoms with E-state index in [4.69, 9.17) is 4.74 Å². The Balaban J connectivity index is 1.43. The number of hydrogen-bond donors (Lipinski definition) is 0. The van der Waals surface area contributed by atoms with Crippen molar-refractivity contribution in [2.75, 3.05) is 42.6 Å². The molecule has 2 aliphatic heterocycles. The van der Waals surface area contributed by atoms with Crippen molar-refractivity contribution in [1.82, 2.24) is 4.90 Å². The van der Waals surface area contributed by atoms with Crippen LogP contribution in [0, 0.1) is 0 Å². The number of alkyl halides is 3. The number of ether oxygens (including phenoxy) is 1. The number of nitrogens with zero attached hydrogens (tertiary/aromatic N) is 3. The summed E-state index contributed by atoms with van der Waals surface area (Å²) in [5.74, 6) is 0.0360. The topological polar surface area (TPSA) is 53.1 Å². The predicted octanol–water partition coefficient (Wildman–Crippen LogP) is 3.56. The van der Waals surface area contributed by atoms with E-state index in [1.54, 1.807) is 30.3 Å². The van der Waals surface area contributed by atoms with Crippen molar-refractivity contribution in [2.24, 2.45) is 0 Å². The first-order valence-corrected chi connectivity index (χ1v) is 10.5. The highest BCUT2D eigenvalue weighted by molar-refractivity contribution is 6.22. The average molecular weight is 447 g/mol. The van der Waals surface area contributed by atoms with Gasteiger partial charge in [0.2, 0.25) is 5.91 Å². The maximum atomic E-state index is 13.1. The second kappa shape index (κ2) is 8.82. The van der Waals surface area contributed by atoms with Crippen LogP contribution < -0.4 is 14.5 Å². The molecule has 32 heavy (non-hydrogen) atoms. The Labute approximate surface area is 184 Å². The molecule has 2 heterocycles. The first-order chi connectivity index (χ1) is 15.3. The van der Waals surface area contributed by atoms with E-state index in [1.807, 2.05) is 16.7 Å². The summed E-state index contributed by atoms with van der Waals surface area (Å²) in [7, 11) is 0. The number of imide groups is 1. The number of rotatable bonds is 5. The van der Waals surface area contributed by atoms with Crippen LogP contribution in [0.25, 0.3) is 0 Å². The Morgan fingerprint density at radius 3 is 2.34 bits per heavy atom. The normalized spacial score (nSPS) is 20.2. The number of amides is 2. The Morgan fingerprint density at radius 1 is 0.969 bits per heavy atom. The minimum absolute atomic E-state index is 0.0846. The summed E-state index contributed by atoms with van der Waals surface area (Å²) in [5, 5.41) is 0. The maximum Gasteiger partial charge on any atom is 0.416 e. The number of piperazine rings is 1. The number of halogens is 3. The molecule has 0 saturated carbocycles. The van der Waals surface area contributed by atoms with Crippen LogP contribution in [-0.2, 0) is 15.8 Å². The van der Waals surface area contributed by atoms with E-state index in [9.17, 15) is 22.8 Å². The van der Waals surface area contributed by atoms with Gasteiger partial charge in [-0.3, -0.25) is 14.5 Å². The van der Waals surface area contributed by atoms with E-state index < -0.39 is 17.8 Å². The van der Waals surface area contributed by atoms with Gasteiger partial charge in [-0.2, -0.15) is 13.2 Å². The second-order valence-corrected chi connectivity index (χ2v) is 7.79. The molecule has 9 heteroatoms. The van der Waals surface area contributed by atoms with Crippen molar-refractivity contribution in [2.45, 2.75) is 25.6 Å². The molecule has 0 N–H and O–H groups in total. The zero-order chi connectivity index (χ0) is 22.9. The van der Waals surface area contributed by atoms with Crippen molar-refractivity contribution >= 4 is 23.2 Å². The summed E-state index contributed by atoms with van der Waals surface area (Å²) in [6.45, 7) is 4.23. The fraction of sp³-hybridized carbons (Fsp3) is 0.391. The van der Waals surface area contributed by atoms with Gasteiger partial charge in [0.25, 0.3) is 5.91 Å². The SMILES string of the molecule is CCOc1cccc(N2C(=O)CC(N3CCN(c4cccc(C(F)(F)F)c4)CC3)C2=O)c1. The Morgan fingerprint density at radius 2 is 1.66 bits per heavy atom. The van der Waals surface area contributed by atoms with Crippen LogP contribution in [0.15, 0.2) is 48.5 Å². The Bertz CT molecular complexity index is 1000. The third-order valence-electron chi connectivity index (χ3n) is 5.80. The Kier molecular flexibility index (Phi) is 6.10. The summed E-state index contributed by atoms with van der Waals surface area (Å²) in [6, 6.07) is 11.6. The van der Waals surface area contributed by atoms with E-state index in [-0.39, 0.29) is 18.2 Å². The van der Waals surface area contributed by atoms with Gasteiger partial charge in [-0.25, -0.2) is 4.90 Å². The predicted molar refractivity (Wildman–Crippen MR) is 114 cm³/mol. The van der Waals surface area contributed by atoms with Gasteiger partial charge in [-0.15, -0.1) is 0 Å². The molecule has 0 aliphatic carbocycles. The minimum Gasteiger partial charge on any atom is -0.494 e. The monoisotopic (exact) mass is 447 g/mol. The van der Waals surface area contributed by atoms with Crippen LogP contribution in [-0.4, -0.2) is 55.5 Å². The van der Waals surface area contributed by atoms with Crippen LogP contribution in [0.5, 0.6) is 5.75 Å². The van der Waals surface area contributed by atoms with Gasteiger partial charge >= 0.3 is 6.18 Å². The summed E-state index contributed by atoms with van der Waals surface area (Å²) in [5.41, 5.74) is 0.303. The third kappa shape index (κ3) is 4.43. The number of benzene rings is 2. The molecule has 2 aromatic carbocycles. The number of anilines is 2. The van der Waals surface area contributed by atoms with E-state index in [0.29, 0.717) is 49.9 Å². The van der Waals surface area contributed by atoms with E-state index >= 15 is 0 Å². The van der Waals surface area contributed by atoms with Crippen molar-refractivity contribution in [3.63, 3.8) is 0 Å². The summed E-state index contributed by atoms with van der Waals surface area (Å²) in [4.78, 5) is 30.7. The molecular weight excluding hydrogens is 423 g/mol. The molecule has 4 rings (SSSR count). The third-order valence-corrected chi connectivity index (χ3v) is 5.80. The van der Waals surface area contributed by atoms with Crippen LogP contribution in [0.1, 0.15) is 18.9 Å². The molecule has 1 atom stereocenters. The lowest BCUT2D eigenvalue weighted by Gasteiger charge is -2.38. The summed E-state index contributed by atoms with van der Waals surface area (Å²) >= 11 is 0. The lowest BCUT2D eigenvalue weighted by Crippen LogP contribution is -2.52. The van der Waals surface area contributed by atoms with Crippen molar-refractivity contribution in [3.8, 4) is 5.75 Å². The van der Waals surface area contributed by atoms with Crippen LogP contribution in [0.4, 0.5) is 24.5 Å². The zero-order valence-electron chi connectivity index (χ0n) is 17.6. The molecule has 2 aliphatic rings. The molecule has 2 aromatic rings. The fourth-order valence-electron chi connectivity index (χ4n) is 4.22. The first-order valence-electron chi connectivity index (χ1n) is 10.5. The van der Waals surface area contributed by atoms with Gasteiger partial charge in [-0.05, 0) is 37.3 Å². The van der Waals surface area contributed by atoms with Gasteiger partial charge < -0.3 is 9.64 Å². The maximum absolute atomic E-state index is 13.1. The average Bonchev–Trinajstić information content (AvgIpc) is 3.08. The van der Waals surface area contributed by atoms with E-state index in [2.05, 4.69) is 0 Å². The quantitative estimate of drug-likeness (QED) is 0.657. The van der Waals surface area contributed by atoms with Gasteiger partial charge in [-0.1, -0.05) is 12.1 Å². The van der Waals surface area contributed by atoms with Crippen LogP contribution in [0.2, 0.25) is 0 Å². The van der Waals surface area contributed by atoms with Crippen molar-refractivity contribution in [1.29, 1.82) is 0 Å². The molecule has 0 radical (unpaired) electrons. The molecular formula is C23H24F3N3O3. The van der Waals surface area contributed by atoms with Gasteiger partial charge in [0.1, 0.15) is 5.75 Å². The first kappa shape index (κ1) is 22.1. The molecule has 1 unspecified atom stereocenters. The highest BCUT2D eigenvalue weighted by Crippen LogP contribution is 2.33. The Hall–Kier alpha value is -3.07. The van der Waals surface area contributed by atoms with Crippen LogP contribution >= 0.6 is 0 Å². The smallest absolute Gasteiger partial charge is 0.416 e. The summed E-state index contributed by atoms with van der Waals surface area (Å²) in [6.07, 6.45) is -4.31. The molecule has 2 amide bonds. The van der Waals surface area contributed by atoms with E-state index in [1.165, 1.54) is 11.0 Å². The van der Waals surface area contributed by atoms with Gasteiger partial charge in [0.05, 0.1) is 30.3 Å². The van der Waals surface area contributed by atoms with E-state index in [0.717, 1.165) is 12.1 Å². The molecule has 0 aromatic heterocycles. The molecule has 6 nitrogen and oxygen atoms in total. The summed E-state index contributed by atoms with van der Waals surface area (Å²) < 4.78 is 44.5. The standard InChI is InChI=1S/C23H24F3N3O3/c1-2-32-19-8-4-7-18(14-19)29-21(30)15-20(22(29)31)28-11-9-27(10-12-28)17-6-3-5-16(13-17)23(24,25)26/h3-8,13-14,20H,2,9-12,15H2,1H3. The van der Waals surface area contributed by atoms with Gasteiger partial charge in [0, 0.05) is 37.9 Å². The number of carbonyl (C=O) groups excluding carboxylic acids is 2. The van der Waals surface area contributed by atoms with Crippen LogP contribution in [0.3, 0.4) is 0 Å². The second-order valence-electron chi connectivity index (χ2n) is 7.79. The highest BCUT2D eigenvalue weighted by Gasteiger charge is 2.43. The largest absolute Gasteiger partial charge is 0.494 e. The zero-order valence-corrected chi connectivity index (χ0v) is 17.6. The number of carbonyl (C=O) groups is 2. The molecule has 170 valence electrons. The van der Waals surface area contributed by atoms with Crippen molar-refractivity contribution in [3.05, 3.63) is 54.1 Å². The molecule has 0 bridgehead atoms. The lowest BCUT2D eigenvalue weighted by molar-refractivity contribution is -0.137. The molecule has 0 spiro atoms. The molecule has 2 fully saturated rings. The molecule has 2 saturated heterocycles. The highest BCUT2D eigenvalue weighted by atomic mass is 19.4. The fourth-order valence-corrected chi connectivity index (χ4v) is 4.22. The van der Waals surface area contributed by atoms with Gasteiger partial charge in [0.15, 0.2) is 0 Å². The number of hydrogen-bond acceptors (Lipinski definition) is 5.